The summed E-state index contributed by atoms with van der Waals surface area (Å²) in [6.45, 7) is 4.10. The first kappa shape index (κ1) is 13.0. The van der Waals surface area contributed by atoms with Crippen LogP contribution in [0, 0.1) is 0 Å². The summed E-state index contributed by atoms with van der Waals surface area (Å²) in [5, 5.41) is 0. The molecule has 0 aliphatic heterocycles. The second kappa shape index (κ2) is 4.43. The Labute approximate surface area is 96.3 Å². The molecule has 16 heavy (non-hydrogen) atoms. The van der Waals surface area contributed by atoms with Gasteiger partial charge in [0, 0.05) is 11.8 Å². The van der Waals surface area contributed by atoms with Crippen LogP contribution in [-0.4, -0.2) is 26.8 Å². The Morgan fingerprint density at radius 3 is 2.12 bits per heavy atom. The van der Waals surface area contributed by atoms with Gasteiger partial charge in [-0.2, -0.15) is 0 Å². The Morgan fingerprint density at radius 2 is 1.75 bits per heavy atom. The van der Waals surface area contributed by atoms with Crippen LogP contribution >= 0.6 is 0 Å². The topological polar surface area (TPSA) is 69.4 Å². The maximum atomic E-state index is 11.2. The molecule has 0 saturated heterocycles. The molecule has 1 aromatic carbocycles. The first-order valence-electron chi connectivity index (χ1n) is 4.90. The van der Waals surface area contributed by atoms with Gasteiger partial charge in [0.25, 0.3) is 0 Å². The van der Waals surface area contributed by atoms with Gasteiger partial charge in [-0.25, -0.2) is 8.42 Å². The van der Waals surface area contributed by atoms with E-state index in [4.69, 9.17) is 10.5 Å². The molecule has 0 aliphatic rings. The van der Waals surface area contributed by atoms with Crippen LogP contribution in [0.5, 0.6) is 5.75 Å². The van der Waals surface area contributed by atoms with Crippen LogP contribution in [-0.2, 0) is 9.84 Å². The quantitative estimate of drug-likeness (QED) is 0.863. The summed E-state index contributed by atoms with van der Waals surface area (Å²) in [5.41, 5.74) is 5.35. The lowest BCUT2D eigenvalue weighted by Gasteiger charge is -2.18. The van der Waals surface area contributed by atoms with E-state index in [1.807, 2.05) is 13.8 Å². The second-order valence-electron chi connectivity index (χ2n) is 4.52. The van der Waals surface area contributed by atoms with Crippen molar-refractivity contribution in [1.82, 2.24) is 0 Å². The van der Waals surface area contributed by atoms with Crippen molar-refractivity contribution in [2.75, 3.05) is 12.9 Å². The fourth-order valence-corrected chi connectivity index (χ4v) is 1.68. The number of hydrogen-bond donors (Lipinski definition) is 1. The van der Waals surface area contributed by atoms with Crippen LogP contribution in [0.2, 0.25) is 0 Å². The van der Waals surface area contributed by atoms with E-state index in [-0.39, 0.29) is 4.90 Å². The van der Waals surface area contributed by atoms with Crippen LogP contribution in [0.3, 0.4) is 0 Å². The van der Waals surface area contributed by atoms with Crippen molar-refractivity contribution in [2.45, 2.75) is 24.3 Å². The van der Waals surface area contributed by atoms with Crippen molar-refractivity contribution in [1.29, 1.82) is 0 Å². The van der Waals surface area contributed by atoms with Gasteiger partial charge in [-0.05, 0) is 38.1 Å². The lowest BCUT2D eigenvalue weighted by molar-refractivity contribution is 0.243. The summed E-state index contributed by atoms with van der Waals surface area (Å²) in [6, 6.07) is 6.30. The summed E-state index contributed by atoms with van der Waals surface area (Å²) in [4.78, 5) is 0.284. The molecule has 0 amide bonds. The van der Waals surface area contributed by atoms with Gasteiger partial charge in [-0.3, -0.25) is 0 Å². The second-order valence-corrected chi connectivity index (χ2v) is 6.54. The summed E-state index contributed by atoms with van der Waals surface area (Å²) < 4.78 is 27.8. The van der Waals surface area contributed by atoms with E-state index in [9.17, 15) is 8.42 Å². The smallest absolute Gasteiger partial charge is 0.175 e. The summed E-state index contributed by atoms with van der Waals surface area (Å²) in [7, 11) is -3.14. The summed E-state index contributed by atoms with van der Waals surface area (Å²) in [5.74, 6) is 0.617. The Balaban J connectivity index is 2.73. The highest BCUT2D eigenvalue weighted by Crippen LogP contribution is 2.16. The fourth-order valence-electron chi connectivity index (χ4n) is 1.05. The number of hydrogen-bond acceptors (Lipinski definition) is 4. The van der Waals surface area contributed by atoms with E-state index >= 15 is 0 Å². The van der Waals surface area contributed by atoms with Gasteiger partial charge < -0.3 is 10.5 Å². The van der Waals surface area contributed by atoms with Gasteiger partial charge >= 0.3 is 0 Å². The predicted octanol–water partition coefficient (Wildman–Crippen LogP) is 1.21. The lowest BCUT2D eigenvalue weighted by Crippen LogP contribution is -2.38. The fraction of sp³-hybridized carbons (Fsp3) is 0.455. The highest BCUT2D eigenvalue weighted by Gasteiger charge is 2.12. The molecule has 0 saturated carbocycles. The molecule has 5 heteroatoms. The zero-order valence-corrected chi connectivity index (χ0v) is 10.5. The van der Waals surface area contributed by atoms with Crippen molar-refractivity contribution < 1.29 is 13.2 Å². The molecule has 1 rings (SSSR count). The highest BCUT2D eigenvalue weighted by atomic mass is 32.2. The molecule has 0 aliphatic carbocycles. The molecule has 1 aromatic rings. The van der Waals surface area contributed by atoms with Crippen molar-refractivity contribution in [3.05, 3.63) is 24.3 Å². The highest BCUT2D eigenvalue weighted by molar-refractivity contribution is 7.90. The molecule has 0 spiro atoms. The zero-order chi connectivity index (χ0) is 12.4. The van der Waals surface area contributed by atoms with E-state index in [1.54, 1.807) is 12.1 Å². The number of sulfone groups is 1. The third kappa shape index (κ3) is 4.20. The number of benzene rings is 1. The van der Waals surface area contributed by atoms with Crippen LogP contribution in [0.25, 0.3) is 0 Å². The Hall–Kier alpha value is -1.07. The minimum atomic E-state index is -3.14. The summed E-state index contributed by atoms with van der Waals surface area (Å²) >= 11 is 0. The molecule has 0 heterocycles. The van der Waals surface area contributed by atoms with Gasteiger partial charge in [-0.15, -0.1) is 0 Å². The molecular weight excluding hydrogens is 226 g/mol. The molecule has 0 bridgehead atoms. The van der Waals surface area contributed by atoms with Gasteiger partial charge in [0.2, 0.25) is 0 Å². The Morgan fingerprint density at radius 1 is 1.25 bits per heavy atom. The average molecular weight is 243 g/mol. The Bertz CT molecular complexity index is 443. The van der Waals surface area contributed by atoms with Crippen molar-refractivity contribution >= 4 is 9.84 Å². The van der Waals surface area contributed by atoms with Crippen LogP contribution < -0.4 is 10.5 Å². The average Bonchev–Trinajstić information content (AvgIpc) is 2.13. The number of nitrogens with two attached hydrogens (primary N) is 1. The van der Waals surface area contributed by atoms with Crippen molar-refractivity contribution in [3.8, 4) is 5.75 Å². The SMILES string of the molecule is CC(C)(N)COc1ccc(S(C)(=O)=O)cc1. The molecule has 0 unspecified atom stereocenters. The molecule has 2 N–H and O–H groups in total. The van der Waals surface area contributed by atoms with Gasteiger partial charge in [0.1, 0.15) is 12.4 Å². The van der Waals surface area contributed by atoms with Gasteiger partial charge in [0.05, 0.1) is 4.90 Å². The molecule has 0 radical (unpaired) electrons. The van der Waals surface area contributed by atoms with Gasteiger partial charge in [0.15, 0.2) is 9.84 Å². The van der Waals surface area contributed by atoms with E-state index in [1.165, 1.54) is 18.4 Å². The molecular formula is C11H17NO3S. The lowest BCUT2D eigenvalue weighted by atomic mass is 10.1. The van der Waals surface area contributed by atoms with Gasteiger partial charge in [-0.1, -0.05) is 0 Å². The maximum absolute atomic E-state index is 11.2. The van der Waals surface area contributed by atoms with Crippen LogP contribution in [0.4, 0.5) is 0 Å². The third-order valence-electron chi connectivity index (χ3n) is 1.86. The zero-order valence-electron chi connectivity index (χ0n) is 9.73. The Kier molecular flexibility index (Phi) is 3.60. The standard InChI is InChI=1S/C11H17NO3S/c1-11(2,12)8-15-9-4-6-10(7-5-9)16(3,13)14/h4-7H,8,12H2,1-3H3. The van der Waals surface area contributed by atoms with E-state index in [0.717, 1.165) is 0 Å². The monoisotopic (exact) mass is 243 g/mol. The largest absolute Gasteiger partial charge is 0.492 e. The minimum Gasteiger partial charge on any atom is -0.492 e. The molecule has 0 atom stereocenters. The summed E-state index contributed by atoms with van der Waals surface area (Å²) in [6.07, 6.45) is 1.17. The van der Waals surface area contributed by atoms with E-state index in [0.29, 0.717) is 12.4 Å². The molecule has 90 valence electrons. The minimum absolute atomic E-state index is 0.284. The molecule has 0 fully saturated rings. The normalized spacial score (nSPS) is 12.5. The number of ether oxygens (including phenoxy) is 1. The number of rotatable bonds is 4. The molecule has 0 aromatic heterocycles. The first-order valence-corrected chi connectivity index (χ1v) is 6.79. The van der Waals surface area contributed by atoms with Crippen LogP contribution in [0.1, 0.15) is 13.8 Å². The third-order valence-corrected chi connectivity index (χ3v) is 2.99. The van der Waals surface area contributed by atoms with Crippen molar-refractivity contribution in [3.63, 3.8) is 0 Å². The molecule has 4 nitrogen and oxygen atoms in total. The predicted molar refractivity (Wildman–Crippen MR) is 63.3 cm³/mol. The van der Waals surface area contributed by atoms with Crippen LogP contribution in [0.15, 0.2) is 29.2 Å². The first-order chi connectivity index (χ1) is 7.18. The maximum Gasteiger partial charge on any atom is 0.175 e. The van der Waals surface area contributed by atoms with E-state index < -0.39 is 15.4 Å². The van der Waals surface area contributed by atoms with E-state index in [2.05, 4.69) is 0 Å². The van der Waals surface area contributed by atoms with Crippen molar-refractivity contribution in [2.24, 2.45) is 5.73 Å².